The van der Waals surface area contributed by atoms with Crippen molar-refractivity contribution < 1.29 is 22.0 Å². The summed E-state index contributed by atoms with van der Waals surface area (Å²) in [6.07, 6.45) is 2.32. The second-order valence-corrected chi connectivity index (χ2v) is 7.58. The van der Waals surface area contributed by atoms with E-state index in [-0.39, 0.29) is 0 Å². The molecule has 0 bridgehead atoms. The molecule has 0 unspecified atom stereocenters. The second kappa shape index (κ2) is 4.96. The lowest BCUT2D eigenvalue weighted by Gasteiger charge is -2.39. The van der Waals surface area contributed by atoms with Crippen LogP contribution in [0.3, 0.4) is 0 Å². The van der Waals surface area contributed by atoms with Gasteiger partial charge in [0.2, 0.25) is 0 Å². The van der Waals surface area contributed by atoms with Crippen LogP contribution in [0.1, 0.15) is 36.5 Å². The number of hydrogen-bond acceptors (Lipinski definition) is 3. The predicted molar refractivity (Wildman–Crippen MR) is 69.1 cm³/mol. The highest BCUT2D eigenvalue weighted by atomic mass is 35.7. The van der Waals surface area contributed by atoms with Gasteiger partial charge in [-0.3, -0.25) is 4.79 Å². The molecule has 0 aromatic heterocycles. The first-order chi connectivity index (χ1) is 9.14. The lowest BCUT2D eigenvalue weighted by atomic mass is 9.78. The average molecular weight is 324 g/mol. The number of carbonyl (C=O) groups excluding carboxylic acids is 1. The SMILES string of the molecule is CC1(NC(=O)c2c(F)ccc(S(=O)(=O)Cl)c2F)CCC1. The van der Waals surface area contributed by atoms with Gasteiger partial charge in [0.05, 0.1) is 0 Å². The molecular weight excluding hydrogens is 312 g/mol. The van der Waals surface area contributed by atoms with Crippen molar-refractivity contribution >= 4 is 25.6 Å². The zero-order valence-electron chi connectivity index (χ0n) is 10.5. The van der Waals surface area contributed by atoms with Crippen molar-refractivity contribution in [1.82, 2.24) is 5.32 Å². The molecule has 2 rings (SSSR count). The van der Waals surface area contributed by atoms with Crippen molar-refractivity contribution in [2.45, 2.75) is 36.6 Å². The van der Waals surface area contributed by atoms with Crippen LogP contribution in [0.2, 0.25) is 0 Å². The molecule has 8 heteroatoms. The standard InChI is InChI=1S/C12H12ClF2NO3S/c1-12(5-2-6-12)16-11(17)9-7(14)3-4-8(10(9)15)20(13,18)19/h3-4H,2,5-6H2,1H3,(H,16,17). The van der Waals surface area contributed by atoms with Crippen LogP contribution in [0.4, 0.5) is 8.78 Å². The van der Waals surface area contributed by atoms with E-state index in [4.69, 9.17) is 10.7 Å². The summed E-state index contributed by atoms with van der Waals surface area (Å²) in [6, 6.07) is 1.39. The van der Waals surface area contributed by atoms with Gasteiger partial charge in [0.15, 0.2) is 5.82 Å². The number of rotatable bonds is 3. The fourth-order valence-corrected chi connectivity index (χ4v) is 3.00. The molecular formula is C12H12ClF2NO3S. The molecule has 1 aromatic rings. The molecule has 4 nitrogen and oxygen atoms in total. The molecule has 0 saturated heterocycles. The molecule has 1 aliphatic carbocycles. The zero-order chi connectivity index (χ0) is 15.1. The van der Waals surface area contributed by atoms with E-state index in [0.717, 1.165) is 6.42 Å². The van der Waals surface area contributed by atoms with Gasteiger partial charge < -0.3 is 5.32 Å². The maximum atomic E-state index is 14.0. The molecule has 20 heavy (non-hydrogen) atoms. The first-order valence-electron chi connectivity index (χ1n) is 5.89. The van der Waals surface area contributed by atoms with Crippen molar-refractivity contribution in [3.63, 3.8) is 0 Å². The van der Waals surface area contributed by atoms with Crippen LogP contribution in [0.15, 0.2) is 17.0 Å². The summed E-state index contributed by atoms with van der Waals surface area (Å²) in [7, 11) is 0.651. The van der Waals surface area contributed by atoms with E-state index in [1.54, 1.807) is 6.92 Å². The van der Waals surface area contributed by atoms with Crippen molar-refractivity contribution in [2.24, 2.45) is 0 Å². The van der Waals surface area contributed by atoms with Gasteiger partial charge in [0, 0.05) is 16.2 Å². The Hall–Kier alpha value is -1.21. The van der Waals surface area contributed by atoms with Crippen LogP contribution in [0, 0.1) is 11.6 Å². The van der Waals surface area contributed by atoms with Crippen molar-refractivity contribution in [3.05, 3.63) is 29.3 Å². The van der Waals surface area contributed by atoms with E-state index >= 15 is 0 Å². The number of amides is 1. The summed E-state index contributed by atoms with van der Waals surface area (Å²) in [5.74, 6) is -3.59. The predicted octanol–water partition coefficient (Wildman–Crippen LogP) is 2.56. The van der Waals surface area contributed by atoms with Gasteiger partial charge in [-0.1, -0.05) is 0 Å². The quantitative estimate of drug-likeness (QED) is 0.870. The van der Waals surface area contributed by atoms with Crippen LogP contribution >= 0.6 is 10.7 Å². The summed E-state index contributed by atoms with van der Waals surface area (Å²) in [6.45, 7) is 1.76. The van der Waals surface area contributed by atoms with E-state index in [1.165, 1.54) is 0 Å². The summed E-state index contributed by atoms with van der Waals surface area (Å²) in [5.41, 5.74) is -1.44. The van der Waals surface area contributed by atoms with Gasteiger partial charge in [-0.15, -0.1) is 0 Å². The first-order valence-corrected chi connectivity index (χ1v) is 8.20. The lowest BCUT2D eigenvalue weighted by Crippen LogP contribution is -2.51. The molecule has 0 heterocycles. The van der Waals surface area contributed by atoms with Crippen LogP contribution < -0.4 is 5.32 Å². The fraction of sp³-hybridized carbons (Fsp3) is 0.417. The van der Waals surface area contributed by atoms with Gasteiger partial charge in [-0.05, 0) is 38.3 Å². The Morgan fingerprint density at radius 1 is 1.35 bits per heavy atom. The highest BCUT2D eigenvalue weighted by Crippen LogP contribution is 2.32. The Labute approximate surface area is 119 Å². The summed E-state index contributed by atoms with van der Waals surface area (Å²) >= 11 is 0. The number of nitrogens with one attached hydrogen (secondary N) is 1. The number of halogens is 3. The van der Waals surface area contributed by atoms with E-state index in [0.29, 0.717) is 25.0 Å². The third kappa shape index (κ3) is 2.78. The van der Waals surface area contributed by atoms with Crippen LogP contribution in [0.25, 0.3) is 0 Å². The molecule has 0 aliphatic heterocycles. The van der Waals surface area contributed by atoms with E-state index in [9.17, 15) is 22.0 Å². The maximum Gasteiger partial charge on any atom is 0.264 e. The van der Waals surface area contributed by atoms with Crippen LogP contribution in [-0.2, 0) is 9.05 Å². The van der Waals surface area contributed by atoms with Crippen molar-refractivity contribution in [1.29, 1.82) is 0 Å². The second-order valence-electron chi connectivity index (χ2n) is 5.04. The Morgan fingerprint density at radius 3 is 2.40 bits per heavy atom. The minimum Gasteiger partial charge on any atom is -0.347 e. The van der Waals surface area contributed by atoms with Crippen LogP contribution in [0.5, 0.6) is 0 Å². The van der Waals surface area contributed by atoms with E-state index in [1.807, 2.05) is 0 Å². The Morgan fingerprint density at radius 2 is 1.95 bits per heavy atom. The normalized spacial score (nSPS) is 17.4. The molecule has 1 fully saturated rings. The third-order valence-electron chi connectivity index (χ3n) is 3.42. The fourth-order valence-electron chi connectivity index (χ4n) is 2.10. The Balaban J connectivity index is 2.43. The maximum absolute atomic E-state index is 14.0. The number of benzene rings is 1. The molecule has 1 aromatic carbocycles. The molecule has 0 atom stereocenters. The van der Waals surface area contributed by atoms with Gasteiger partial charge >= 0.3 is 0 Å². The van der Waals surface area contributed by atoms with Gasteiger partial charge in [-0.2, -0.15) is 0 Å². The van der Waals surface area contributed by atoms with Gasteiger partial charge in [-0.25, -0.2) is 17.2 Å². The topological polar surface area (TPSA) is 63.2 Å². The summed E-state index contributed by atoms with van der Waals surface area (Å²) in [4.78, 5) is 11.0. The Bertz CT molecular complexity index is 672. The molecule has 1 saturated carbocycles. The number of carbonyl (C=O) groups is 1. The smallest absolute Gasteiger partial charge is 0.264 e. The third-order valence-corrected chi connectivity index (χ3v) is 4.76. The molecule has 1 amide bonds. The summed E-state index contributed by atoms with van der Waals surface area (Å²) < 4.78 is 50.0. The van der Waals surface area contributed by atoms with Crippen molar-refractivity contribution in [3.8, 4) is 0 Å². The van der Waals surface area contributed by atoms with Gasteiger partial charge in [0.25, 0.3) is 15.0 Å². The van der Waals surface area contributed by atoms with Crippen molar-refractivity contribution in [2.75, 3.05) is 0 Å². The number of hydrogen-bond donors (Lipinski definition) is 1. The molecule has 110 valence electrons. The van der Waals surface area contributed by atoms with E-state index < -0.39 is 42.6 Å². The minimum atomic E-state index is -4.39. The molecule has 0 radical (unpaired) electrons. The van der Waals surface area contributed by atoms with Gasteiger partial charge in [0.1, 0.15) is 16.3 Å². The largest absolute Gasteiger partial charge is 0.347 e. The zero-order valence-corrected chi connectivity index (χ0v) is 12.1. The average Bonchev–Trinajstić information content (AvgIpc) is 2.24. The molecule has 0 spiro atoms. The Kier molecular flexibility index (Phi) is 3.77. The highest BCUT2D eigenvalue weighted by molar-refractivity contribution is 8.13. The lowest BCUT2D eigenvalue weighted by molar-refractivity contribution is 0.0841. The molecule has 1 N–H and O–H groups in total. The molecule has 1 aliphatic rings. The first kappa shape index (κ1) is 15.2. The monoisotopic (exact) mass is 323 g/mol. The van der Waals surface area contributed by atoms with Crippen LogP contribution in [-0.4, -0.2) is 19.9 Å². The minimum absolute atomic E-state index is 0.508. The van der Waals surface area contributed by atoms with E-state index in [2.05, 4.69) is 5.32 Å². The highest BCUT2D eigenvalue weighted by Gasteiger charge is 2.35. The summed E-state index contributed by atoms with van der Waals surface area (Å²) in [5, 5.41) is 2.51.